The lowest BCUT2D eigenvalue weighted by Crippen LogP contribution is -2.35. The number of benzene rings is 1. The van der Waals surface area contributed by atoms with Crippen molar-refractivity contribution in [1.82, 2.24) is 9.47 Å². The van der Waals surface area contributed by atoms with E-state index in [0.29, 0.717) is 10.5 Å². The second-order valence-electron chi connectivity index (χ2n) is 8.49. The van der Waals surface area contributed by atoms with Crippen LogP contribution in [0, 0.1) is 20.8 Å². The lowest BCUT2D eigenvalue weighted by molar-refractivity contribution is -0.123. The maximum absolute atomic E-state index is 13.1. The van der Waals surface area contributed by atoms with Gasteiger partial charge in [-0.25, -0.2) is 4.79 Å². The van der Waals surface area contributed by atoms with Gasteiger partial charge in [0.2, 0.25) is 0 Å². The number of aliphatic imine (C=N–C) groups is 1. The van der Waals surface area contributed by atoms with Gasteiger partial charge in [0.05, 0.1) is 17.6 Å². The summed E-state index contributed by atoms with van der Waals surface area (Å²) >= 11 is 1.43. The predicted molar refractivity (Wildman–Crippen MR) is 131 cm³/mol. The number of nitrogens with zero attached hydrogens (tertiary/aromatic N) is 3. The van der Waals surface area contributed by atoms with Gasteiger partial charge in [0.25, 0.3) is 5.91 Å². The molecule has 0 N–H and O–H groups in total. The molecule has 6 nitrogen and oxygen atoms in total. The summed E-state index contributed by atoms with van der Waals surface area (Å²) in [7, 11) is 1.39. The largest absolute Gasteiger partial charge is 0.465 e. The van der Waals surface area contributed by atoms with Crippen LogP contribution in [0.15, 0.2) is 34.2 Å². The Morgan fingerprint density at radius 3 is 2.44 bits per heavy atom. The van der Waals surface area contributed by atoms with Gasteiger partial charge < -0.3 is 9.30 Å². The standard InChI is InChI=1S/C25H31N3O3S/c1-14(2)26-25-27(15(3)4)23(29)22(32-25)13-19-12-16(5)28(18(19)7)21-11-9-10-20(17(21)6)24(30)31-8/h9-15H,1-8H3/b22-13+,26-25?. The number of esters is 1. The molecule has 1 aromatic heterocycles. The molecule has 170 valence electrons. The van der Waals surface area contributed by atoms with Crippen molar-refractivity contribution in [2.45, 2.75) is 60.5 Å². The summed E-state index contributed by atoms with van der Waals surface area (Å²) in [6.07, 6.45) is 1.95. The van der Waals surface area contributed by atoms with Gasteiger partial charge in [-0.1, -0.05) is 6.07 Å². The Bertz CT molecular complexity index is 1130. The lowest BCUT2D eigenvalue weighted by atomic mass is 10.1. The van der Waals surface area contributed by atoms with Gasteiger partial charge in [0, 0.05) is 29.2 Å². The molecule has 1 saturated heterocycles. The molecule has 0 spiro atoms. The van der Waals surface area contributed by atoms with Crippen molar-refractivity contribution in [2.75, 3.05) is 7.11 Å². The molecule has 0 bridgehead atoms. The van der Waals surface area contributed by atoms with Crippen LogP contribution < -0.4 is 0 Å². The van der Waals surface area contributed by atoms with Crippen molar-refractivity contribution in [1.29, 1.82) is 0 Å². The third-order valence-electron chi connectivity index (χ3n) is 5.43. The Hall–Kier alpha value is -2.80. The normalized spacial score (nSPS) is 16.8. The highest BCUT2D eigenvalue weighted by molar-refractivity contribution is 8.18. The van der Waals surface area contributed by atoms with E-state index < -0.39 is 0 Å². The van der Waals surface area contributed by atoms with E-state index in [1.165, 1.54) is 18.9 Å². The van der Waals surface area contributed by atoms with Crippen molar-refractivity contribution in [3.8, 4) is 5.69 Å². The summed E-state index contributed by atoms with van der Waals surface area (Å²) in [6.45, 7) is 14.0. The Labute approximate surface area is 194 Å². The maximum Gasteiger partial charge on any atom is 0.338 e. The number of thioether (sulfide) groups is 1. The number of hydrogen-bond donors (Lipinski definition) is 0. The minimum atomic E-state index is -0.354. The molecule has 2 aromatic rings. The summed E-state index contributed by atoms with van der Waals surface area (Å²) in [5.74, 6) is -0.370. The SMILES string of the molecule is COC(=O)c1cccc(-n2c(C)cc(/C=C3/SC(=NC(C)C)N(C(C)C)C3=O)c2C)c1C. The zero-order chi connectivity index (χ0) is 23.7. The zero-order valence-corrected chi connectivity index (χ0v) is 20.8. The van der Waals surface area contributed by atoms with Crippen LogP contribution in [-0.2, 0) is 9.53 Å². The first kappa shape index (κ1) is 23.9. The molecule has 0 aliphatic carbocycles. The average molecular weight is 454 g/mol. The highest BCUT2D eigenvalue weighted by Gasteiger charge is 2.35. The molecular weight excluding hydrogens is 422 g/mol. The highest BCUT2D eigenvalue weighted by atomic mass is 32.2. The maximum atomic E-state index is 13.1. The Morgan fingerprint density at radius 1 is 1.16 bits per heavy atom. The van der Waals surface area contributed by atoms with E-state index in [0.717, 1.165) is 33.4 Å². The Morgan fingerprint density at radius 2 is 1.84 bits per heavy atom. The fourth-order valence-electron chi connectivity index (χ4n) is 3.90. The molecule has 0 saturated carbocycles. The van der Waals surface area contributed by atoms with E-state index in [-0.39, 0.29) is 24.0 Å². The number of methoxy groups -OCH3 is 1. The van der Waals surface area contributed by atoms with Crippen LogP contribution >= 0.6 is 11.8 Å². The zero-order valence-electron chi connectivity index (χ0n) is 20.0. The number of hydrogen-bond acceptors (Lipinski definition) is 5. The average Bonchev–Trinajstić information content (AvgIpc) is 3.16. The van der Waals surface area contributed by atoms with Crippen molar-refractivity contribution in [3.05, 3.63) is 57.2 Å². The molecule has 0 atom stereocenters. The van der Waals surface area contributed by atoms with Gasteiger partial charge in [-0.3, -0.25) is 14.7 Å². The molecule has 1 aromatic carbocycles. The lowest BCUT2D eigenvalue weighted by Gasteiger charge is -2.20. The number of carbonyl (C=O) groups excluding carboxylic acids is 2. The summed E-state index contributed by atoms with van der Waals surface area (Å²) in [6, 6.07) is 7.83. The first-order valence-corrected chi connectivity index (χ1v) is 11.6. The first-order valence-electron chi connectivity index (χ1n) is 10.7. The quantitative estimate of drug-likeness (QED) is 0.456. The summed E-state index contributed by atoms with van der Waals surface area (Å²) in [5, 5.41) is 0.752. The predicted octanol–water partition coefficient (Wildman–Crippen LogP) is 5.28. The first-order chi connectivity index (χ1) is 15.1. The van der Waals surface area contributed by atoms with Gasteiger partial charge in [0.15, 0.2) is 5.17 Å². The van der Waals surface area contributed by atoms with E-state index in [2.05, 4.69) is 15.6 Å². The molecule has 1 amide bonds. The summed E-state index contributed by atoms with van der Waals surface area (Å²) in [5.41, 5.74) is 5.30. The van der Waals surface area contributed by atoms with E-state index in [9.17, 15) is 9.59 Å². The second-order valence-corrected chi connectivity index (χ2v) is 9.50. The molecule has 32 heavy (non-hydrogen) atoms. The highest BCUT2D eigenvalue weighted by Crippen LogP contribution is 2.35. The van der Waals surface area contributed by atoms with Gasteiger partial charge in [-0.2, -0.15) is 0 Å². The van der Waals surface area contributed by atoms with Crippen LogP contribution in [0.25, 0.3) is 11.8 Å². The molecule has 2 heterocycles. The van der Waals surface area contributed by atoms with Crippen molar-refractivity contribution in [3.63, 3.8) is 0 Å². The van der Waals surface area contributed by atoms with Crippen LogP contribution in [0.3, 0.4) is 0 Å². The topological polar surface area (TPSA) is 63.9 Å². The van der Waals surface area contributed by atoms with Crippen LogP contribution in [0.2, 0.25) is 0 Å². The summed E-state index contributed by atoms with van der Waals surface area (Å²) < 4.78 is 7.04. The van der Waals surface area contributed by atoms with E-state index in [1.54, 1.807) is 11.0 Å². The molecule has 1 aliphatic heterocycles. The molecule has 7 heteroatoms. The van der Waals surface area contributed by atoms with Gasteiger partial charge in [-0.15, -0.1) is 0 Å². The van der Waals surface area contributed by atoms with E-state index >= 15 is 0 Å². The van der Waals surface area contributed by atoms with Crippen LogP contribution in [0.1, 0.15) is 60.6 Å². The number of carbonyl (C=O) groups is 2. The molecular formula is C25H31N3O3S. The van der Waals surface area contributed by atoms with Crippen molar-refractivity contribution < 1.29 is 14.3 Å². The van der Waals surface area contributed by atoms with Gasteiger partial charge in [-0.05, 0) is 95.6 Å². The number of amides is 1. The van der Waals surface area contributed by atoms with Crippen LogP contribution in [0.4, 0.5) is 0 Å². The summed E-state index contributed by atoms with van der Waals surface area (Å²) in [4.78, 5) is 32.4. The third kappa shape index (κ3) is 4.39. The van der Waals surface area contributed by atoms with Crippen LogP contribution in [0.5, 0.6) is 0 Å². The number of aromatic nitrogens is 1. The third-order valence-corrected chi connectivity index (χ3v) is 6.43. The minimum Gasteiger partial charge on any atom is -0.465 e. The smallest absolute Gasteiger partial charge is 0.338 e. The minimum absolute atomic E-state index is 0.0157. The Balaban J connectivity index is 2.07. The van der Waals surface area contributed by atoms with Crippen LogP contribution in [-0.4, -0.2) is 45.7 Å². The van der Waals surface area contributed by atoms with Crippen molar-refractivity contribution in [2.24, 2.45) is 4.99 Å². The molecule has 0 radical (unpaired) electrons. The van der Waals surface area contributed by atoms with E-state index in [4.69, 9.17) is 4.74 Å². The van der Waals surface area contributed by atoms with Gasteiger partial charge in [0.1, 0.15) is 0 Å². The van der Waals surface area contributed by atoms with Crippen molar-refractivity contribution >= 4 is 34.9 Å². The molecule has 1 fully saturated rings. The number of rotatable bonds is 5. The number of amidine groups is 1. The van der Waals surface area contributed by atoms with E-state index in [1.807, 2.05) is 66.7 Å². The molecule has 0 unspecified atom stereocenters. The number of aryl methyl sites for hydroxylation is 1. The monoisotopic (exact) mass is 453 g/mol. The fraction of sp³-hybridized carbons (Fsp3) is 0.400. The molecule has 3 rings (SSSR count). The number of ether oxygens (including phenoxy) is 1. The fourth-order valence-corrected chi connectivity index (χ4v) is 5.12. The second kappa shape index (κ2) is 9.36. The molecule has 1 aliphatic rings. The van der Waals surface area contributed by atoms with Gasteiger partial charge >= 0.3 is 5.97 Å². The Kier molecular flexibility index (Phi) is 6.98.